The zero-order chi connectivity index (χ0) is 13.2. The molecule has 18 heavy (non-hydrogen) atoms. The highest BCUT2D eigenvalue weighted by atomic mass is 16.5. The molecule has 1 fully saturated rings. The summed E-state index contributed by atoms with van der Waals surface area (Å²) in [5.74, 6) is 0.254. The first kappa shape index (κ1) is 13.8. The van der Waals surface area contributed by atoms with E-state index in [1.54, 1.807) is 14.2 Å². The Balaban J connectivity index is 2.29. The van der Waals surface area contributed by atoms with Crippen molar-refractivity contribution >= 4 is 0 Å². The van der Waals surface area contributed by atoms with Gasteiger partial charge in [-0.05, 0) is 26.2 Å². The van der Waals surface area contributed by atoms with Crippen LogP contribution in [0.3, 0.4) is 0 Å². The van der Waals surface area contributed by atoms with E-state index in [1.165, 1.54) is 5.57 Å². The topological polar surface area (TPSA) is 38.7 Å². The first-order valence-electron chi connectivity index (χ1n) is 6.59. The second-order valence-electron chi connectivity index (χ2n) is 6.03. The van der Waals surface area contributed by atoms with E-state index in [2.05, 4.69) is 18.2 Å². The average molecular weight is 252 g/mol. The predicted octanol–water partition coefficient (Wildman–Crippen LogP) is 2.31. The Bertz CT molecular complexity index is 349. The second kappa shape index (κ2) is 5.16. The van der Waals surface area contributed by atoms with Crippen molar-refractivity contribution in [1.82, 2.24) is 0 Å². The van der Waals surface area contributed by atoms with Gasteiger partial charge in [0.2, 0.25) is 0 Å². The molecule has 0 amide bonds. The molecule has 0 unspecified atom stereocenters. The Labute approximate surface area is 109 Å². The standard InChI is InChI=1S/C15H24O3/c1-14(16)9-15(10-17-2,11-18-3)8-12-6-4-5-7-13(12)14/h4-6,13,16H,7-11H2,1-3H3/t13-,14-/m0/s1. The minimum atomic E-state index is -0.675. The summed E-state index contributed by atoms with van der Waals surface area (Å²) in [7, 11) is 3.43. The van der Waals surface area contributed by atoms with E-state index in [0.717, 1.165) is 19.3 Å². The molecule has 2 rings (SSSR count). The zero-order valence-corrected chi connectivity index (χ0v) is 11.6. The molecular formula is C15H24O3. The fraction of sp³-hybridized carbons (Fsp3) is 0.733. The van der Waals surface area contributed by atoms with Gasteiger partial charge in [-0.2, -0.15) is 0 Å². The molecule has 1 saturated carbocycles. The Kier molecular flexibility index (Phi) is 3.95. The molecule has 0 aromatic rings. The highest BCUT2D eigenvalue weighted by Gasteiger charge is 2.49. The fourth-order valence-electron chi connectivity index (χ4n) is 3.75. The Morgan fingerprint density at radius 3 is 2.61 bits per heavy atom. The summed E-state index contributed by atoms with van der Waals surface area (Å²) in [5, 5.41) is 10.8. The fourth-order valence-corrected chi connectivity index (χ4v) is 3.75. The van der Waals surface area contributed by atoms with Crippen molar-refractivity contribution < 1.29 is 14.6 Å². The summed E-state index contributed by atoms with van der Waals surface area (Å²) >= 11 is 0. The van der Waals surface area contributed by atoms with Gasteiger partial charge in [-0.1, -0.05) is 23.8 Å². The van der Waals surface area contributed by atoms with Gasteiger partial charge in [-0.3, -0.25) is 0 Å². The van der Waals surface area contributed by atoms with Crippen LogP contribution in [0.5, 0.6) is 0 Å². The number of rotatable bonds is 4. The van der Waals surface area contributed by atoms with Gasteiger partial charge in [0.15, 0.2) is 0 Å². The molecule has 1 N–H and O–H groups in total. The van der Waals surface area contributed by atoms with Crippen molar-refractivity contribution in [3.63, 3.8) is 0 Å². The lowest BCUT2D eigenvalue weighted by Gasteiger charge is -2.49. The van der Waals surface area contributed by atoms with Crippen molar-refractivity contribution in [1.29, 1.82) is 0 Å². The Morgan fingerprint density at radius 1 is 1.33 bits per heavy atom. The number of fused-ring (bicyclic) bond motifs is 1. The summed E-state index contributed by atoms with van der Waals surface area (Å²) in [5.41, 5.74) is 0.565. The molecule has 0 saturated heterocycles. The quantitative estimate of drug-likeness (QED) is 0.834. The highest BCUT2D eigenvalue weighted by Crippen LogP contribution is 2.50. The van der Waals surface area contributed by atoms with Crippen molar-refractivity contribution in [2.45, 2.75) is 31.8 Å². The minimum Gasteiger partial charge on any atom is -0.390 e. The van der Waals surface area contributed by atoms with Crippen LogP contribution in [0.25, 0.3) is 0 Å². The van der Waals surface area contributed by atoms with E-state index in [-0.39, 0.29) is 11.3 Å². The molecule has 2 aliphatic carbocycles. The number of methoxy groups -OCH3 is 2. The monoisotopic (exact) mass is 252 g/mol. The summed E-state index contributed by atoms with van der Waals surface area (Å²) in [6.45, 7) is 3.21. The van der Waals surface area contributed by atoms with E-state index < -0.39 is 5.60 Å². The molecule has 2 aliphatic rings. The van der Waals surface area contributed by atoms with Crippen molar-refractivity contribution in [2.24, 2.45) is 11.3 Å². The molecule has 0 spiro atoms. The number of ether oxygens (including phenoxy) is 2. The van der Waals surface area contributed by atoms with Crippen LogP contribution < -0.4 is 0 Å². The molecule has 0 aromatic heterocycles. The van der Waals surface area contributed by atoms with Crippen LogP contribution >= 0.6 is 0 Å². The van der Waals surface area contributed by atoms with Gasteiger partial charge < -0.3 is 14.6 Å². The molecule has 2 atom stereocenters. The van der Waals surface area contributed by atoms with Crippen molar-refractivity contribution in [3.8, 4) is 0 Å². The predicted molar refractivity (Wildman–Crippen MR) is 71.4 cm³/mol. The molecule has 0 aromatic carbocycles. The molecule has 102 valence electrons. The van der Waals surface area contributed by atoms with Gasteiger partial charge in [-0.25, -0.2) is 0 Å². The van der Waals surface area contributed by atoms with E-state index in [4.69, 9.17) is 9.47 Å². The number of aliphatic hydroxyl groups is 1. The number of allylic oxidation sites excluding steroid dienone is 3. The lowest BCUT2D eigenvalue weighted by molar-refractivity contribution is -0.0984. The smallest absolute Gasteiger partial charge is 0.0694 e. The van der Waals surface area contributed by atoms with Crippen LogP contribution in [0.15, 0.2) is 23.8 Å². The zero-order valence-electron chi connectivity index (χ0n) is 11.6. The van der Waals surface area contributed by atoms with Gasteiger partial charge >= 0.3 is 0 Å². The Hall–Kier alpha value is -0.640. The third-order valence-electron chi connectivity index (χ3n) is 4.23. The SMILES string of the molecule is COCC1(COC)CC2=CC=CC[C@@H]2[C@@](C)(O)C1. The van der Waals surface area contributed by atoms with Crippen molar-refractivity contribution in [2.75, 3.05) is 27.4 Å². The van der Waals surface area contributed by atoms with Gasteiger partial charge in [0.1, 0.15) is 0 Å². The lowest BCUT2D eigenvalue weighted by atomic mass is 9.60. The van der Waals surface area contributed by atoms with Crippen LogP contribution in [-0.4, -0.2) is 38.1 Å². The summed E-state index contributed by atoms with van der Waals surface area (Å²) in [6.07, 6.45) is 9.02. The third kappa shape index (κ3) is 2.53. The van der Waals surface area contributed by atoms with Gasteiger partial charge in [-0.15, -0.1) is 0 Å². The summed E-state index contributed by atoms with van der Waals surface area (Å²) in [6, 6.07) is 0. The van der Waals surface area contributed by atoms with E-state index in [0.29, 0.717) is 13.2 Å². The minimum absolute atomic E-state index is 0.0967. The van der Waals surface area contributed by atoms with Crippen LogP contribution in [-0.2, 0) is 9.47 Å². The lowest BCUT2D eigenvalue weighted by Crippen LogP contribution is -2.50. The first-order valence-corrected chi connectivity index (χ1v) is 6.59. The molecule has 3 heteroatoms. The molecule has 0 heterocycles. The van der Waals surface area contributed by atoms with E-state index in [9.17, 15) is 5.11 Å². The largest absolute Gasteiger partial charge is 0.390 e. The summed E-state index contributed by atoms with van der Waals surface area (Å²) < 4.78 is 10.7. The van der Waals surface area contributed by atoms with Crippen molar-refractivity contribution in [3.05, 3.63) is 23.8 Å². The maximum absolute atomic E-state index is 10.8. The summed E-state index contributed by atoms with van der Waals surface area (Å²) in [4.78, 5) is 0. The Morgan fingerprint density at radius 2 is 2.00 bits per heavy atom. The van der Waals surface area contributed by atoms with Crippen LogP contribution in [0, 0.1) is 11.3 Å². The third-order valence-corrected chi connectivity index (χ3v) is 4.23. The van der Waals surface area contributed by atoms with Gasteiger partial charge in [0.05, 0.1) is 18.8 Å². The normalized spacial score (nSPS) is 34.0. The van der Waals surface area contributed by atoms with E-state index >= 15 is 0 Å². The molecule has 0 aliphatic heterocycles. The van der Waals surface area contributed by atoms with Crippen LogP contribution in [0.4, 0.5) is 0 Å². The molecular weight excluding hydrogens is 228 g/mol. The average Bonchev–Trinajstić information content (AvgIpc) is 2.28. The van der Waals surface area contributed by atoms with Gasteiger partial charge in [0.25, 0.3) is 0 Å². The molecule has 0 bridgehead atoms. The number of hydrogen-bond acceptors (Lipinski definition) is 3. The molecule has 3 nitrogen and oxygen atoms in total. The molecule has 0 radical (unpaired) electrons. The van der Waals surface area contributed by atoms with Crippen LogP contribution in [0.2, 0.25) is 0 Å². The maximum Gasteiger partial charge on any atom is 0.0694 e. The van der Waals surface area contributed by atoms with Crippen LogP contribution in [0.1, 0.15) is 26.2 Å². The van der Waals surface area contributed by atoms with Gasteiger partial charge in [0, 0.05) is 25.6 Å². The maximum atomic E-state index is 10.8. The number of hydrogen-bond donors (Lipinski definition) is 1. The first-order chi connectivity index (χ1) is 8.53. The highest BCUT2D eigenvalue weighted by molar-refractivity contribution is 5.28. The van der Waals surface area contributed by atoms with E-state index in [1.807, 2.05) is 6.92 Å². The second-order valence-corrected chi connectivity index (χ2v) is 6.03.